The number of carbonyl (C=O) groups excluding carboxylic acids is 1. The Morgan fingerprint density at radius 2 is 2.13 bits per heavy atom. The second-order valence-corrected chi connectivity index (χ2v) is 5.20. The number of hydrogen-bond donors (Lipinski definition) is 2. The van der Waals surface area contributed by atoms with Gasteiger partial charge in [-0.2, -0.15) is 0 Å². The Bertz CT molecular complexity index is 721. The monoisotopic (exact) mass is 318 g/mol. The summed E-state index contributed by atoms with van der Waals surface area (Å²) in [4.78, 5) is 27.2. The zero-order valence-electron chi connectivity index (χ0n) is 13.1. The third-order valence-corrected chi connectivity index (χ3v) is 2.94. The minimum Gasteiger partial charge on any atom is -0.478 e. The zero-order chi connectivity index (χ0) is 17.0. The van der Waals surface area contributed by atoms with Gasteiger partial charge < -0.3 is 19.6 Å². The van der Waals surface area contributed by atoms with Crippen molar-refractivity contribution in [2.75, 3.05) is 0 Å². The molecule has 0 fully saturated rings. The molecule has 0 saturated heterocycles. The average molecular weight is 318 g/mol. The number of nitrogens with zero attached hydrogens (tertiary/aromatic N) is 1. The molecule has 23 heavy (non-hydrogen) atoms. The molecule has 7 heteroatoms. The van der Waals surface area contributed by atoms with Crippen molar-refractivity contribution >= 4 is 11.9 Å². The summed E-state index contributed by atoms with van der Waals surface area (Å²) in [5.41, 5.74) is 0.296. The van der Waals surface area contributed by atoms with Gasteiger partial charge >= 0.3 is 5.97 Å². The highest BCUT2D eigenvalue weighted by molar-refractivity contribution is 5.92. The van der Waals surface area contributed by atoms with Crippen LogP contribution >= 0.6 is 0 Å². The van der Waals surface area contributed by atoms with Crippen LogP contribution in [0.3, 0.4) is 0 Å². The maximum Gasteiger partial charge on any atom is 0.339 e. The lowest BCUT2D eigenvalue weighted by Gasteiger charge is -2.09. The van der Waals surface area contributed by atoms with Gasteiger partial charge in [-0.05, 0) is 32.9 Å². The van der Waals surface area contributed by atoms with Crippen LogP contribution in [0.15, 0.2) is 28.7 Å². The van der Waals surface area contributed by atoms with Gasteiger partial charge in [0.2, 0.25) is 5.88 Å². The number of aromatic carboxylic acids is 1. The van der Waals surface area contributed by atoms with Crippen molar-refractivity contribution in [1.82, 2.24) is 10.3 Å². The summed E-state index contributed by atoms with van der Waals surface area (Å²) in [6.07, 6.45) is -0.0404. The number of pyridine rings is 1. The minimum absolute atomic E-state index is 0.0404. The summed E-state index contributed by atoms with van der Waals surface area (Å²) < 4.78 is 10.7. The van der Waals surface area contributed by atoms with Crippen molar-refractivity contribution in [2.45, 2.75) is 33.4 Å². The fraction of sp³-hybridized carbons (Fsp3) is 0.312. The van der Waals surface area contributed by atoms with Gasteiger partial charge in [-0.3, -0.25) is 4.79 Å². The number of nitrogens with one attached hydrogen (secondary N) is 1. The van der Waals surface area contributed by atoms with Crippen LogP contribution in [0.2, 0.25) is 0 Å². The third-order valence-electron chi connectivity index (χ3n) is 2.94. The van der Waals surface area contributed by atoms with Crippen molar-refractivity contribution in [1.29, 1.82) is 0 Å². The van der Waals surface area contributed by atoms with E-state index in [0.717, 1.165) is 0 Å². The normalized spacial score (nSPS) is 10.6. The van der Waals surface area contributed by atoms with Gasteiger partial charge in [-0.15, -0.1) is 0 Å². The van der Waals surface area contributed by atoms with Crippen LogP contribution in [-0.2, 0) is 6.54 Å². The molecule has 2 rings (SSSR count). The fourth-order valence-corrected chi connectivity index (χ4v) is 1.95. The molecule has 2 heterocycles. The summed E-state index contributed by atoms with van der Waals surface area (Å²) >= 11 is 0. The highest BCUT2D eigenvalue weighted by Crippen LogP contribution is 2.15. The average Bonchev–Trinajstić information content (AvgIpc) is 2.85. The van der Waals surface area contributed by atoms with Crippen LogP contribution in [0.1, 0.15) is 46.2 Å². The molecule has 2 aromatic rings. The lowest BCUT2D eigenvalue weighted by molar-refractivity contribution is 0.0694. The van der Waals surface area contributed by atoms with E-state index < -0.39 is 11.9 Å². The van der Waals surface area contributed by atoms with E-state index in [1.54, 1.807) is 25.1 Å². The van der Waals surface area contributed by atoms with E-state index in [0.29, 0.717) is 17.4 Å². The Morgan fingerprint density at radius 3 is 2.74 bits per heavy atom. The Morgan fingerprint density at radius 1 is 1.39 bits per heavy atom. The summed E-state index contributed by atoms with van der Waals surface area (Å²) in [6, 6.07) is 6.31. The molecule has 0 aliphatic heterocycles. The first-order chi connectivity index (χ1) is 10.9. The van der Waals surface area contributed by atoms with Crippen molar-refractivity contribution in [3.05, 3.63) is 47.0 Å². The molecular formula is C16H18N2O5. The van der Waals surface area contributed by atoms with Crippen LogP contribution in [0.4, 0.5) is 0 Å². The van der Waals surface area contributed by atoms with E-state index in [-0.39, 0.29) is 23.9 Å². The molecule has 0 unspecified atom stereocenters. The van der Waals surface area contributed by atoms with Crippen molar-refractivity contribution in [3.8, 4) is 5.88 Å². The van der Waals surface area contributed by atoms with Crippen LogP contribution in [0.25, 0.3) is 0 Å². The topological polar surface area (TPSA) is 102 Å². The number of aromatic nitrogens is 1. The van der Waals surface area contributed by atoms with Crippen molar-refractivity contribution < 1.29 is 23.8 Å². The number of amides is 1. The Hall–Kier alpha value is -2.83. The highest BCUT2D eigenvalue weighted by atomic mass is 16.5. The molecule has 7 nitrogen and oxygen atoms in total. The first-order valence-corrected chi connectivity index (χ1v) is 7.11. The lowest BCUT2D eigenvalue weighted by Crippen LogP contribution is -2.23. The number of rotatable bonds is 6. The second kappa shape index (κ2) is 6.95. The molecule has 2 N–H and O–H groups in total. The standard InChI is InChI=1S/C16H18N2O5/c1-9(2)22-14-6-4-5-13(18-14)15(19)17-8-11-7-12(16(20)21)10(3)23-11/h4-7,9H,8H2,1-3H3,(H,17,19)(H,20,21). The number of ether oxygens (including phenoxy) is 1. The molecular weight excluding hydrogens is 300 g/mol. The van der Waals surface area contributed by atoms with E-state index in [1.165, 1.54) is 6.07 Å². The summed E-state index contributed by atoms with van der Waals surface area (Å²) in [6.45, 7) is 5.37. The van der Waals surface area contributed by atoms with Gasteiger partial charge in [-0.25, -0.2) is 9.78 Å². The molecule has 2 aromatic heterocycles. The number of hydrogen-bond acceptors (Lipinski definition) is 5. The zero-order valence-corrected chi connectivity index (χ0v) is 13.1. The molecule has 0 aromatic carbocycles. The molecule has 0 saturated carbocycles. The number of furan rings is 1. The first-order valence-electron chi connectivity index (χ1n) is 7.11. The number of carboxylic acid groups (broad SMARTS) is 1. The second-order valence-electron chi connectivity index (χ2n) is 5.20. The Labute approximate surface area is 133 Å². The number of carbonyl (C=O) groups is 2. The van der Waals surface area contributed by atoms with Gasteiger partial charge in [0.15, 0.2) is 0 Å². The van der Waals surface area contributed by atoms with Gasteiger partial charge in [0.05, 0.1) is 12.6 Å². The van der Waals surface area contributed by atoms with Gasteiger partial charge in [-0.1, -0.05) is 6.07 Å². The molecule has 0 spiro atoms. The van der Waals surface area contributed by atoms with Gasteiger partial charge in [0.1, 0.15) is 22.8 Å². The molecule has 0 aliphatic carbocycles. The smallest absolute Gasteiger partial charge is 0.339 e. The molecule has 0 aliphatic rings. The summed E-state index contributed by atoms with van der Waals surface area (Å²) in [5, 5.41) is 11.6. The summed E-state index contributed by atoms with van der Waals surface area (Å²) in [7, 11) is 0. The van der Waals surface area contributed by atoms with Crippen molar-refractivity contribution in [2.24, 2.45) is 0 Å². The van der Waals surface area contributed by atoms with E-state index in [9.17, 15) is 9.59 Å². The van der Waals surface area contributed by atoms with Crippen LogP contribution in [0, 0.1) is 6.92 Å². The molecule has 0 bridgehead atoms. The first kappa shape index (κ1) is 16.5. The van der Waals surface area contributed by atoms with Crippen LogP contribution < -0.4 is 10.1 Å². The summed E-state index contributed by atoms with van der Waals surface area (Å²) in [5.74, 6) is -0.432. The largest absolute Gasteiger partial charge is 0.478 e. The van der Waals surface area contributed by atoms with E-state index in [1.807, 2.05) is 13.8 Å². The lowest BCUT2D eigenvalue weighted by atomic mass is 10.2. The molecule has 0 atom stereocenters. The number of aryl methyl sites for hydroxylation is 1. The highest BCUT2D eigenvalue weighted by Gasteiger charge is 2.15. The maximum absolute atomic E-state index is 12.1. The Balaban J connectivity index is 2.02. The van der Waals surface area contributed by atoms with Crippen molar-refractivity contribution in [3.63, 3.8) is 0 Å². The van der Waals surface area contributed by atoms with Gasteiger partial charge in [0, 0.05) is 6.07 Å². The predicted molar refractivity (Wildman–Crippen MR) is 81.6 cm³/mol. The fourth-order valence-electron chi connectivity index (χ4n) is 1.95. The van der Waals surface area contributed by atoms with E-state index >= 15 is 0 Å². The van der Waals surface area contributed by atoms with Crippen LogP contribution in [0.5, 0.6) is 5.88 Å². The van der Waals surface area contributed by atoms with Gasteiger partial charge in [0.25, 0.3) is 5.91 Å². The van der Waals surface area contributed by atoms with E-state index in [4.69, 9.17) is 14.3 Å². The minimum atomic E-state index is -1.07. The molecule has 1 amide bonds. The molecule has 122 valence electrons. The maximum atomic E-state index is 12.1. The van der Waals surface area contributed by atoms with E-state index in [2.05, 4.69) is 10.3 Å². The number of carboxylic acids is 1. The Kier molecular flexibility index (Phi) is 5.00. The quantitative estimate of drug-likeness (QED) is 0.848. The SMILES string of the molecule is Cc1oc(CNC(=O)c2cccc(OC(C)C)n2)cc1C(=O)O. The van der Waals surface area contributed by atoms with Crippen LogP contribution in [-0.4, -0.2) is 28.1 Å². The third kappa shape index (κ3) is 4.32. The predicted octanol–water partition coefficient (Wildman–Crippen LogP) is 2.40. The molecule has 0 radical (unpaired) electrons.